The highest BCUT2D eigenvalue weighted by molar-refractivity contribution is 7.92. The first kappa shape index (κ1) is 22.0. The molecule has 9 heteroatoms. The van der Waals surface area contributed by atoms with Gasteiger partial charge in [0.05, 0.1) is 23.4 Å². The smallest absolute Gasteiger partial charge is 0.261 e. The predicted molar refractivity (Wildman–Crippen MR) is 119 cm³/mol. The van der Waals surface area contributed by atoms with Gasteiger partial charge in [0.2, 0.25) is 0 Å². The van der Waals surface area contributed by atoms with Crippen LogP contribution in [-0.4, -0.2) is 21.4 Å². The molecule has 0 unspecified atom stereocenters. The van der Waals surface area contributed by atoms with E-state index in [0.717, 1.165) is 5.56 Å². The largest absolute Gasteiger partial charge is 0.495 e. The third-order valence-electron chi connectivity index (χ3n) is 4.26. The molecule has 3 rings (SSSR count). The number of hydrogen-bond donors (Lipinski definition) is 2. The number of carbonyl (C=O) groups excluding carboxylic acids is 1. The normalized spacial score (nSPS) is 11.1. The molecular weight excluding hydrogens is 447 g/mol. The summed E-state index contributed by atoms with van der Waals surface area (Å²) >= 11 is 11.9. The minimum Gasteiger partial charge on any atom is -0.495 e. The Balaban J connectivity index is 1.89. The number of benzene rings is 3. The van der Waals surface area contributed by atoms with Crippen LogP contribution in [0, 0.1) is 6.92 Å². The Bertz CT molecular complexity index is 1200. The van der Waals surface area contributed by atoms with Crippen molar-refractivity contribution in [2.24, 2.45) is 0 Å². The van der Waals surface area contributed by atoms with Gasteiger partial charge in [-0.15, -0.1) is 0 Å². The van der Waals surface area contributed by atoms with Crippen LogP contribution >= 0.6 is 23.2 Å². The van der Waals surface area contributed by atoms with Gasteiger partial charge in [0.15, 0.2) is 0 Å². The van der Waals surface area contributed by atoms with Crippen molar-refractivity contribution in [2.45, 2.75) is 11.8 Å². The van der Waals surface area contributed by atoms with Crippen LogP contribution in [0.2, 0.25) is 10.0 Å². The molecule has 0 heterocycles. The van der Waals surface area contributed by atoms with E-state index >= 15 is 0 Å². The fourth-order valence-corrected chi connectivity index (χ4v) is 4.00. The lowest BCUT2D eigenvalue weighted by Crippen LogP contribution is -2.16. The molecule has 0 radical (unpaired) electrons. The van der Waals surface area contributed by atoms with Crippen LogP contribution < -0.4 is 14.8 Å². The first-order valence-electron chi connectivity index (χ1n) is 8.73. The maximum absolute atomic E-state index is 12.8. The van der Waals surface area contributed by atoms with E-state index in [1.54, 1.807) is 36.4 Å². The van der Waals surface area contributed by atoms with Crippen LogP contribution in [0.3, 0.4) is 0 Å². The minimum atomic E-state index is -3.93. The standard InChI is InChI=1S/C21H18Cl2N2O4S/c1-13-3-8-16(11-18(13)23)25-30(27,28)17-9-10-20(29-2)19(12-17)24-21(26)14-4-6-15(22)7-5-14/h3-12,25H,1-2H3,(H,24,26). The van der Waals surface area contributed by atoms with E-state index in [4.69, 9.17) is 27.9 Å². The monoisotopic (exact) mass is 464 g/mol. The van der Waals surface area contributed by atoms with E-state index in [1.165, 1.54) is 31.4 Å². The number of sulfonamides is 1. The Labute approximate surface area is 184 Å². The first-order valence-corrected chi connectivity index (χ1v) is 11.0. The molecule has 3 aromatic rings. The summed E-state index contributed by atoms with van der Waals surface area (Å²) in [7, 11) is -2.50. The zero-order valence-corrected chi connectivity index (χ0v) is 18.4. The summed E-state index contributed by atoms with van der Waals surface area (Å²) in [6, 6.07) is 15.3. The second kappa shape index (κ2) is 8.95. The van der Waals surface area contributed by atoms with Gasteiger partial charge in [-0.1, -0.05) is 29.3 Å². The lowest BCUT2D eigenvalue weighted by atomic mass is 10.2. The molecule has 0 bridgehead atoms. The van der Waals surface area contributed by atoms with Gasteiger partial charge in [-0.05, 0) is 67.1 Å². The van der Waals surface area contributed by atoms with Crippen LogP contribution in [0.5, 0.6) is 5.75 Å². The van der Waals surface area contributed by atoms with Crippen molar-refractivity contribution in [3.05, 3.63) is 81.8 Å². The lowest BCUT2D eigenvalue weighted by Gasteiger charge is -2.14. The number of amides is 1. The number of nitrogens with one attached hydrogen (secondary N) is 2. The topological polar surface area (TPSA) is 84.5 Å². The average molecular weight is 465 g/mol. The van der Waals surface area contributed by atoms with Gasteiger partial charge in [-0.25, -0.2) is 8.42 Å². The van der Waals surface area contributed by atoms with Crippen LogP contribution in [-0.2, 0) is 10.0 Å². The summed E-state index contributed by atoms with van der Waals surface area (Å²) in [5, 5.41) is 3.61. The molecule has 0 saturated heterocycles. The number of hydrogen-bond acceptors (Lipinski definition) is 4. The molecule has 0 fully saturated rings. The Kier molecular flexibility index (Phi) is 6.55. The lowest BCUT2D eigenvalue weighted by molar-refractivity contribution is 0.102. The molecule has 0 atom stereocenters. The van der Waals surface area contributed by atoms with E-state index < -0.39 is 15.9 Å². The maximum Gasteiger partial charge on any atom is 0.261 e. The summed E-state index contributed by atoms with van der Waals surface area (Å²) in [5.74, 6) is -0.118. The van der Waals surface area contributed by atoms with Gasteiger partial charge in [0.1, 0.15) is 5.75 Å². The summed E-state index contributed by atoms with van der Waals surface area (Å²) in [6.45, 7) is 1.82. The number of methoxy groups -OCH3 is 1. The molecule has 30 heavy (non-hydrogen) atoms. The molecule has 156 valence electrons. The van der Waals surface area contributed by atoms with Crippen LogP contribution in [0.1, 0.15) is 15.9 Å². The summed E-state index contributed by atoms with van der Waals surface area (Å²) < 4.78 is 33.4. The van der Waals surface area contributed by atoms with Gasteiger partial charge >= 0.3 is 0 Å². The minimum absolute atomic E-state index is 0.0496. The zero-order valence-electron chi connectivity index (χ0n) is 16.1. The van der Waals surface area contributed by atoms with Crippen LogP contribution in [0.4, 0.5) is 11.4 Å². The fourth-order valence-electron chi connectivity index (χ4n) is 2.62. The fraction of sp³-hybridized carbons (Fsp3) is 0.0952. The van der Waals surface area contributed by atoms with Crippen molar-refractivity contribution in [3.8, 4) is 5.75 Å². The molecular formula is C21H18Cl2N2O4S. The van der Waals surface area contributed by atoms with Crippen LogP contribution in [0.15, 0.2) is 65.6 Å². The molecule has 6 nitrogen and oxygen atoms in total. The Morgan fingerprint density at radius 3 is 2.30 bits per heavy atom. The van der Waals surface area contributed by atoms with Crippen molar-refractivity contribution in [3.63, 3.8) is 0 Å². The Morgan fingerprint density at radius 2 is 1.67 bits per heavy atom. The highest BCUT2D eigenvalue weighted by atomic mass is 35.5. The second-order valence-corrected chi connectivity index (χ2v) is 8.92. The van der Waals surface area contributed by atoms with Crippen molar-refractivity contribution >= 4 is 50.5 Å². The van der Waals surface area contributed by atoms with Crippen LogP contribution in [0.25, 0.3) is 0 Å². The summed E-state index contributed by atoms with van der Waals surface area (Å²) in [6.07, 6.45) is 0. The van der Waals surface area contributed by atoms with Crippen molar-refractivity contribution in [2.75, 3.05) is 17.1 Å². The van der Waals surface area contributed by atoms with E-state index in [0.29, 0.717) is 27.0 Å². The number of anilines is 2. The van der Waals surface area contributed by atoms with Gasteiger partial charge in [0, 0.05) is 15.6 Å². The predicted octanol–water partition coefficient (Wildman–Crippen LogP) is 5.36. The third-order valence-corrected chi connectivity index (χ3v) is 6.30. The molecule has 0 aromatic heterocycles. The summed E-state index contributed by atoms with van der Waals surface area (Å²) in [5.41, 5.74) is 1.73. The van der Waals surface area contributed by atoms with E-state index in [-0.39, 0.29) is 10.6 Å². The highest BCUT2D eigenvalue weighted by Crippen LogP contribution is 2.29. The summed E-state index contributed by atoms with van der Waals surface area (Å²) in [4.78, 5) is 12.5. The first-order chi connectivity index (χ1) is 14.2. The quantitative estimate of drug-likeness (QED) is 0.513. The number of halogens is 2. The van der Waals surface area contributed by atoms with Gasteiger partial charge < -0.3 is 10.1 Å². The Morgan fingerprint density at radius 1 is 0.967 bits per heavy atom. The molecule has 0 aliphatic rings. The van der Waals surface area contributed by atoms with Crippen molar-refractivity contribution in [1.29, 1.82) is 0 Å². The van der Waals surface area contributed by atoms with Crippen molar-refractivity contribution in [1.82, 2.24) is 0 Å². The SMILES string of the molecule is COc1ccc(S(=O)(=O)Nc2ccc(C)c(Cl)c2)cc1NC(=O)c1ccc(Cl)cc1. The number of carbonyl (C=O) groups is 1. The van der Waals surface area contributed by atoms with E-state index in [9.17, 15) is 13.2 Å². The molecule has 0 aliphatic heterocycles. The average Bonchev–Trinajstić information content (AvgIpc) is 2.71. The van der Waals surface area contributed by atoms with E-state index in [2.05, 4.69) is 10.0 Å². The number of aryl methyl sites for hydroxylation is 1. The van der Waals surface area contributed by atoms with Gasteiger partial charge in [0.25, 0.3) is 15.9 Å². The van der Waals surface area contributed by atoms with Gasteiger partial charge in [-0.2, -0.15) is 0 Å². The molecule has 0 spiro atoms. The molecule has 1 amide bonds. The number of rotatable bonds is 6. The maximum atomic E-state index is 12.8. The molecule has 0 saturated carbocycles. The zero-order chi connectivity index (χ0) is 21.9. The Hall–Kier alpha value is -2.74. The van der Waals surface area contributed by atoms with E-state index in [1.807, 2.05) is 6.92 Å². The van der Waals surface area contributed by atoms with Gasteiger partial charge in [-0.3, -0.25) is 9.52 Å². The number of ether oxygens (including phenoxy) is 1. The molecule has 2 N–H and O–H groups in total. The van der Waals surface area contributed by atoms with Crippen molar-refractivity contribution < 1.29 is 17.9 Å². The third kappa shape index (κ3) is 5.05. The molecule has 3 aromatic carbocycles. The second-order valence-electron chi connectivity index (χ2n) is 6.39. The highest BCUT2D eigenvalue weighted by Gasteiger charge is 2.19. The molecule has 0 aliphatic carbocycles.